The van der Waals surface area contributed by atoms with Gasteiger partial charge in [0.15, 0.2) is 5.11 Å². The Morgan fingerprint density at radius 2 is 1.80 bits per heavy atom. The average Bonchev–Trinajstić information content (AvgIpc) is 2.59. The number of benzene rings is 2. The minimum absolute atomic E-state index is 0.0359. The number of rotatable bonds is 3. The first kappa shape index (κ1) is 19.4. The van der Waals surface area contributed by atoms with Crippen LogP contribution in [0.25, 0.3) is 0 Å². The van der Waals surface area contributed by atoms with Crippen molar-refractivity contribution >= 4 is 63.3 Å². The van der Waals surface area contributed by atoms with Crippen molar-refractivity contribution in [2.75, 3.05) is 7.11 Å². The number of halogens is 2. The van der Waals surface area contributed by atoms with Crippen molar-refractivity contribution in [2.45, 2.75) is 0 Å². The number of hydrogen-bond acceptors (Lipinski definition) is 4. The average molecular weight is 490 g/mol. The number of nitrogens with one attached hydrogen (secondary N) is 3. The Labute approximate surface area is 168 Å². The van der Waals surface area contributed by atoms with E-state index in [1.807, 2.05) is 0 Å². The maximum absolute atomic E-state index is 12.2. The van der Waals surface area contributed by atoms with Crippen LogP contribution in [-0.2, 0) is 0 Å². The molecule has 0 bridgehead atoms. The number of ether oxygens (including phenoxy) is 1. The molecule has 25 heavy (non-hydrogen) atoms. The molecule has 130 valence electrons. The van der Waals surface area contributed by atoms with Crippen molar-refractivity contribution in [1.29, 1.82) is 0 Å². The molecular weight excluding hydrogens is 477 g/mol. The van der Waals surface area contributed by atoms with E-state index in [1.54, 1.807) is 43.5 Å². The molecule has 0 aromatic heterocycles. The smallest absolute Gasteiger partial charge is 0.269 e. The summed E-state index contributed by atoms with van der Waals surface area (Å²) in [6, 6.07) is 11.4. The van der Waals surface area contributed by atoms with Gasteiger partial charge in [-0.05, 0) is 71.2 Å². The van der Waals surface area contributed by atoms with Crippen molar-refractivity contribution in [1.82, 2.24) is 16.2 Å². The molecule has 0 radical (unpaired) electrons. The molecule has 6 nitrogen and oxygen atoms in total. The zero-order chi connectivity index (χ0) is 18.4. The second kappa shape index (κ2) is 8.97. The van der Waals surface area contributed by atoms with Gasteiger partial charge in [0.1, 0.15) is 5.75 Å². The third kappa shape index (κ3) is 5.55. The van der Waals surface area contributed by atoms with E-state index in [4.69, 9.17) is 28.6 Å². The predicted octanol–water partition coefficient (Wildman–Crippen LogP) is 2.90. The molecule has 0 aliphatic rings. The number of hydrazine groups is 1. The molecule has 0 atom stereocenters. The summed E-state index contributed by atoms with van der Waals surface area (Å²) in [5.41, 5.74) is 5.63. The van der Waals surface area contributed by atoms with Crippen LogP contribution >= 0.6 is 46.4 Å². The number of hydrogen-bond donors (Lipinski definition) is 3. The second-order valence-corrected chi connectivity index (χ2v) is 6.73. The van der Waals surface area contributed by atoms with Crippen molar-refractivity contribution < 1.29 is 14.3 Å². The molecule has 0 spiro atoms. The van der Waals surface area contributed by atoms with E-state index < -0.39 is 11.8 Å². The van der Waals surface area contributed by atoms with Gasteiger partial charge in [0.25, 0.3) is 11.8 Å². The van der Waals surface area contributed by atoms with E-state index in [9.17, 15) is 9.59 Å². The zero-order valence-corrected chi connectivity index (χ0v) is 16.7. The van der Waals surface area contributed by atoms with Crippen molar-refractivity contribution in [3.05, 3.63) is 62.2 Å². The highest BCUT2D eigenvalue weighted by atomic mass is 127. The minimum Gasteiger partial charge on any atom is -0.496 e. The third-order valence-corrected chi connectivity index (χ3v) is 4.30. The third-order valence-electron chi connectivity index (χ3n) is 3.02. The molecule has 2 rings (SSSR count). The van der Waals surface area contributed by atoms with Crippen LogP contribution in [0, 0.1) is 3.57 Å². The van der Waals surface area contributed by atoms with Crippen LogP contribution < -0.4 is 20.9 Å². The lowest BCUT2D eigenvalue weighted by Gasteiger charge is -2.11. The summed E-state index contributed by atoms with van der Waals surface area (Å²) in [6.07, 6.45) is 0. The van der Waals surface area contributed by atoms with Gasteiger partial charge in [0.2, 0.25) is 0 Å². The summed E-state index contributed by atoms with van der Waals surface area (Å²) >= 11 is 12.9. The standard InChI is InChI=1S/C16H13ClIN3O3S/c1-24-13-6-5-10(8-12(13)18)14(22)19-16(25)21-20-15(23)9-3-2-4-11(17)7-9/h2-8H,1H3,(H,20,23)(H2,19,21,22,25). The lowest BCUT2D eigenvalue weighted by Crippen LogP contribution is -2.48. The Morgan fingerprint density at radius 3 is 2.44 bits per heavy atom. The molecule has 2 amide bonds. The lowest BCUT2D eigenvalue weighted by molar-refractivity contribution is 0.0934. The number of amides is 2. The van der Waals surface area contributed by atoms with Gasteiger partial charge in [-0.3, -0.25) is 25.8 Å². The van der Waals surface area contributed by atoms with Crippen molar-refractivity contribution in [2.24, 2.45) is 0 Å². The van der Waals surface area contributed by atoms with E-state index in [1.165, 1.54) is 6.07 Å². The highest BCUT2D eigenvalue weighted by molar-refractivity contribution is 14.1. The largest absolute Gasteiger partial charge is 0.496 e. The van der Waals surface area contributed by atoms with Gasteiger partial charge >= 0.3 is 0 Å². The van der Waals surface area contributed by atoms with E-state index in [0.29, 0.717) is 21.9 Å². The Bertz CT molecular complexity index is 832. The van der Waals surface area contributed by atoms with Crippen molar-refractivity contribution in [3.8, 4) is 5.75 Å². The van der Waals surface area contributed by atoms with Crippen LogP contribution in [-0.4, -0.2) is 24.0 Å². The maximum atomic E-state index is 12.2. The number of carbonyl (C=O) groups excluding carboxylic acids is 2. The summed E-state index contributed by atoms with van der Waals surface area (Å²) in [6.45, 7) is 0. The van der Waals surface area contributed by atoms with E-state index in [2.05, 4.69) is 38.8 Å². The molecular formula is C16H13ClIN3O3S. The van der Waals surface area contributed by atoms with Gasteiger partial charge in [-0.25, -0.2) is 0 Å². The molecule has 0 heterocycles. The molecule has 0 saturated heterocycles. The lowest BCUT2D eigenvalue weighted by atomic mass is 10.2. The van der Waals surface area contributed by atoms with Crippen LogP contribution in [0.15, 0.2) is 42.5 Å². The second-order valence-electron chi connectivity index (χ2n) is 4.72. The van der Waals surface area contributed by atoms with Crippen LogP contribution in [0.5, 0.6) is 5.75 Å². The van der Waals surface area contributed by atoms with Crippen LogP contribution in [0.3, 0.4) is 0 Å². The zero-order valence-electron chi connectivity index (χ0n) is 12.9. The van der Waals surface area contributed by atoms with E-state index in [-0.39, 0.29) is 5.11 Å². The monoisotopic (exact) mass is 489 g/mol. The Morgan fingerprint density at radius 1 is 1.08 bits per heavy atom. The predicted molar refractivity (Wildman–Crippen MR) is 108 cm³/mol. The molecule has 2 aromatic rings. The fourth-order valence-corrected chi connectivity index (χ4v) is 2.90. The first-order chi connectivity index (χ1) is 11.9. The van der Waals surface area contributed by atoms with Crippen LogP contribution in [0.1, 0.15) is 20.7 Å². The highest BCUT2D eigenvalue weighted by Crippen LogP contribution is 2.21. The summed E-state index contributed by atoms with van der Waals surface area (Å²) in [4.78, 5) is 24.1. The molecule has 9 heteroatoms. The minimum atomic E-state index is -0.432. The molecule has 0 fully saturated rings. The normalized spacial score (nSPS) is 9.88. The molecule has 0 saturated carbocycles. The number of methoxy groups -OCH3 is 1. The summed E-state index contributed by atoms with van der Waals surface area (Å²) < 4.78 is 5.93. The van der Waals surface area contributed by atoms with Gasteiger partial charge < -0.3 is 4.74 Å². The fraction of sp³-hybridized carbons (Fsp3) is 0.0625. The maximum Gasteiger partial charge on any atom is 0.269 e. The van der Waals surface area contributed by atoms with Crippen molar-refractivity contribution in [3.63, 3.8) is 0 Å². The molecule has 0 aliphatic heterocycles. The molecule has 0 aliphatic carbocycles. The van der Waals surface area contributed by atoms with Gasteiger partial charge in [0, 0.05) is 16.1 Å². The first-order valence-corrected chi connectivity index (χ1v) is 8.78. The topological polar surface area (TPSA) is 79.5 Å². The summed E-state index contributed by atoms with van der Waals surface area (Å²) in [5.74, 6) is -0.167. The van der Waals surface area contributed by atoms with Gasteiger partial charge in [-0.15, -0.1) is 0 Å². The Kier molecular flexibility index (Phi) is 6.97. The van der Waals surface area contributed by atoms with Crippen LogP contribution in [0.4, 0.5) is 0 Å². The summed E-state index contributed by atoms with van der Waals surface area (Å²) in [7, 11) is 1.55. The fourth-order valence-electron chi connectivity index (χ4n) is 1.83. The Hall–Kier alpha value is -1.91. The van der Waals surface area contributed by atoms with E-state index in [0.717, 1.165) is 3.57 Å². The number of carbonyl (C=O) groups is 2. The van der Waals surface area contributed by atoms with Gasteiger partial charge in [0.05, 0.1) is 10.7 Å². The quantitative estimate of drug-likeness (QED) is 0.351. The summed E-state index contributed by atoms with van der Waals surface area (Å²) in [5, 5.41) is 2.88. The highest BCUT2D eigenvalue weighted by Gasteiger charge is 2.11. The van der Waals surface area contributed by atoms with Crippen LogP contribution in [0.2, 0.25) is 5.02 Å². The SMILES string of the molecule is COc1ccc(C(=O)NC(=S)NNC(=O)c2cccc(Cl)c2)cc1I. The molecule has 2 aromatic carbocycles. The molecule has 3 N–H and O–H groups in total. The molecule has 0 unspecified atom stereocenters. The number of thiocarbonyl (C=S) groups is 1. The first-order valence-electron chi connectivity index (χ1n) is 6.91. The van der Waals surface area contributed by atoms with Gasteiger partial charge in [-0.2, -0.15) is 0 Å². The van der Waals surface area contributed by atoms with Gasteiger partial charge in [-0.1, -0.05) is 17.7 Å². The van der Waals surface area contributed by atoms with E-state index >= 15 is 0 Å². The Balaban J connectivity index is 1.90.